The minimum atomic E-state index is -4.68. The van der Waals surface area contributed by atoms with Gasteiger partial charge in [0.1, 0.15) is 11.6 Å². The Labute approximate surface area is 240 Å². The number of benzene rings is 2. The number of aromatic carboxylic acids is 1. The highest BCUT2D eigenvalue weighted by Gasteiger charge is 2.35. The quantitative estimate of drug-likeness (QED) is 0.155. The normalized spacial score (nSPS) is 15.7. The van der Waals surface area contributed by atoms with Gasteiger partial charge in [-0.05, 0) is 73.5 Å². The van der Waals surface area contributed by atoms with Crippen LogP contribution in [0.4, 0.5) is 19.0 Å². The van der Waals surface area contributed by atoms with Gasteiger partial charge >= 0.3 is 12.3 Å². The zero-order valence-corrected chi connectivity index (χ0v) is 22.9. The van der Waals surface area contributed by atoms with Crippen LogP contribution in [0.2, 0.25) is 0 Å². The Balaban J connectivity index is 0.952. The van der Waals surface area contributed by atoms with E-state index in [9.17, 15) is 23.1 Å². The van der Waals surface area contributed by atoms with Gasteiger partial charge in [0.25, 0.3) is 0 Å². The molecule has 1 aliphatic carbocycles. The number of rotatable bonds is 12. The molecule has 4 aromatic rings. The summed E-state index contributed by atoms with van der Waals surface area (Å²) >= 11 is 0. The summed E-state index contributed by atoms with van der Waals surface area (Å²) in [6.07, 6.45) is 2.51. The van der Waals surface area contributed by atoms with Crippen LogP contribution in [0.1, 0.15) is 53.1 Å². The number of hydrogen-bond donors (Lipinski definition) is 2. The first kappa shape index (κ1) is 28.2. The van der Waals surface area contributed by atoms with E-state index in [1.54, 1.807) is 36.7 Å². The van der Waals surface area contributed by atoms with Gasteiger partial charge in [-0.3, -0.25) is 4.98 Å². The van der Waals surface area contributed by atoms with Crippen molar-refractivity contribution in [3.63, 3.8) is 0 Å². The number of fused-ring (bicyclic) bond motifs is 3. The Morgan fingerprint density at radius 1 is 1.05 bits per heavy atom. The van der Waals surface area contributed by atoms with Crippen molar-refractivity contribution in [3.8, 4) is 5.75 Å². The summed E-state index contributed by atoms with van der Waals surface area (Å²) in [7, 11) is 0. The molecule has 0 atom stereocenters. The molecule has 2 aromatic heterocycles. The van der Waals surface area contributed by atoms with Gasteiger partial charge < -0.3 is 24.8 Å². The predicted octanol–water partition coefficient (Wildman–Crippen LogP) is 6.03. The summed E-state index contributed by atoms with van der Waals surface area (Å²) in [5, 5.41) is 15.5. The molecule has 0 amide bonds. The molecule has 1 aliphatic heterocycles. The number of carbonyl (C=O) groups is 1. The smallest absolute Gasteiger partial charge is 0.478 e. The van der Waals surface area contributed by atoms with E-state index in [1.807, 2.05) is 12.1 Å². The number of hydrogen-bond acceptors (Lipinski definition) is 7. The van der Waals surface area contributed by atoms with Gasteiger partial charge in [0.15, 0.2) is 0 Å². The average Bonchev–Trinajstić information content (AvgIpc) is 3.78. The predicted molar refractivity (Wildman–Crippen MR) is 152 cm³/mol. The molecule has 2 N–H and O–H groups in total. The lowest BCUT2D eigenvalue weighted by Crippen LogP contribution is -2.52. The molecule has 2 aliphatic rings. The number of nitrogens with one attached hydrogen (secondary N) is 1. The highest BCUT2D eigenvalue weighted by molar-refractivity contribution is 6.11. The first-order valence-electron chi connectivity index (χ1n) is 14.1. The zero-order valence-electron chi connectivity index (χ0n) is 22.9. The molecule has 2 fully saturated rings. The minimum Gasteiger partial charge on any atom is -0.478 e. The molecule has 8 nitrogen and oxygen atoms in total. The monoisotopic (exact) mass is 580 g/mol. The molecule has 2 aromatic carbocycles. The second kappa shape index (κ2) is 11.7. The molecule has 1 saturated carbocycles. The van der Waals surface area contributed by atoms with E-state index in [2.05, 4.69) is 19.9 Å². The maximum absolute atomic E-state index is 12.7. The Morgan fingerprint density at radius 3 is 2.64 bits per heavy atom. The summed E-state index contributed by atoms with van der Waals surface area (Å²) in [6, 6.07) is 11.8. The third-order valence-electron chi connectivity index (χ3n) is 7.72. The van der Waals surface area contributed by atoms with Gasteiger partial charge in [-0.25, -0.2) is 9.78 Å². The summed E-state index contributed by atoms with van der Waals surface area (Å²) in [6.45, 7) is 3.39. The first-order valence-corrected chi connectivity index (χ1v) is 14.1. The van der Waals surface area contributed by atoms with Gasteiger partial charge in [-0.15, -0.1) is 13.2 Å². The van der Waals surface area contributed by atoms with Crippen LogP contribution in [0.25, 0.3) is 21.7 Å². The highest BCUT2D eigenvalue weighted by atomic mass is 19.4. The Bertz CT molecular complexity index is 1600. The van der Waals surface area contributed by atoms with E-state index < -0.39 is 12.3 Å². The van der Waals surface area contributed by atoms with Gasteiger partial charge in [-0.1, -0.05) is 18.2 Å². The van der Waals surface area contributed by atoms with E-state index in [0.717, 1.165) is 59.8 Å². The van der Waals surface area contributed by atoms with Crippen molar-refractivity contribution in [3.05, 3.63) is 71.5 Å². The second-order valence-electron chi connectivity index (χ2n) is 10.9. The number of carboxylic acid groups (broad SMARTS) is 1. The van der Waals surface area contributed by atoms with Crippen LogP contribution in [-0.4, -0.2) is 59.8 Å². The van der Waals surface area contributed by atoms with Crippen molar-refractivity contribution < 1.29 is 32.5 Å². The van der Waals surface area contributed by atoms with E-state index in [0.29, 0.717) is 37.3 Å². The number of carboxylic acids is 1. The van der Waals surface area contributed by atoms with Crippen LogP contribution >= 0.6 is 0 Å². The van der Waals surface area contributed by atoms with Gasteiger partial charge in [0.2, 0.25) is 0 Å². The number of nitrogens with zero attached hydrogens (tertiary/aromatic N) is 3. The second-order valence-corrected chi connectivity index (χ2v) is 10.9. The number of unbranched alkanes of at least 4 members (excludes halogenated alkanes) is 1. The van der Waals surface area contributed by atoms with E-state index in [4.69, 9.17) is 9.72 Å². The summed E-state index contributed by atoms with van der Waals surface area (Å²) in [4.78, 5) is 22.7. The lowest BCUT2D eigenvalue weighted by Gasteiger charge is -2.40. The largest absolute Gasteiger partial charge is 0.573 e. The topological polar surface area (TPSA) is 96.8 Å². The Hall–Kier alpha value is -3.96. The summed E-state index contributed by atoms with van der Waals surface area (Å²) < 4.78 is 48.4. The molecule has 0 unspecified atom stereocenters. The van der Waals surface area contributed by atoms with Crippen molar-refractivity contribution in [1.82, 2.24) is 15.3 Å². The number of anilines is 1. The lowest BCUT2D eigenvalue weighted by atomic mass is 10.0. The van der Waals surface area contributed by atoms with Crippen molar-refractivity contribution in [1.29, 1.82) is 0 Å². The first-order chi connectivity index (χ1) is 20.2. The lowest BCUT2D eigenvalue weighted by molar-refractivity contribution is -0.274. The molecule has 3 heterocycles. The van der Waals surface area contributed by atoms with Crippen LogP contribution in [0.5, 0.6) is 5.75 Å². The van der Waals surface area contributed by atoms with Crippen LogP contribution in [-0.2, 0) is 11.3 Å². The summed E-state index contributed by atoms with van der Waals surface area (Å²) in [5.74, 6) is -0.126. The van der Waals surface area contributed by atoms with E-state index in [-0.39, 0.29) is 23.3 Å². The van der Waals surface area contributed by atoms with Crippen molar-refractivity contribution in [2.24, 2.45) is 0 Å². The van der Waals surface area contributed by atoms with Crippen LogP contribution in [0.3, 0.4) is 0 Å². The highest BCUT2D eigenvalue weighted by Crippen LogP contribution is 2.45. The van der Waals surface area contributed by atoms with Crippen molar-refractivity contribution in [2.45, 2.75) is 50.6 Å². The van der Waals surface area contributed by atoms with E-state index in [1.165, 1.54) is 6.07 Å². The Morgan fingerprint density at radius 2 is 1.88 bits per heavy atom. The molecular weight excluding hydrogens is 549 g/mol. The summed E-state index contributed by atoms with van der Waals surface area (Å²) in [5.41, 5.74) is 2.40. The molecular formula is C31H31F3N4O4. The minimum absolute atomic E-state index is 0.0885. The number of aromatic nitrogens is 2. The van der Waals surface area contributed by atoms with Gasteiger partial charge in [0.05, 0.1) is 17.2 Å². The molecule has 0 spiro atoms. The number of ether oxygens (including phenoxy) is 2. The van der Waals surface area contributed by atoms with Crippen LogP contribution in [0.15, 0.2) is 54.9 Å². The molecule has 0 radical (unpaired) electrons. The SMILES string of the molecule is O=C(O)c1ccc2c(c1)nc(N1CC(OCCCCNCc3ccc(OC(F)(F)F)c(C4CC4)c3)C1)c1ccncc12. The fourth-order valence-corrected chi connectivity index (χ4v) is 5.39. The standard InChI is InChI=1S/C31H31F3N4O4/c32-31(33,34)42-28-8-3-19(13-25(28)20-4-5-20)15-35-10-1-2-12-41-22-17-38(18-22)29-24-9-11-36-16-26(24)23-7-6-21(30(39)40)14-27(23)37-29/h3,6-9,11,13-14,16,20,22,35H,1-2,4-5,10,12,15,17-18H2,(H,39,40). The Kier molecular flexibility index (Phi) is 7.87. The molecule has 1 saturated heterocycles. The number of alkyl halides is 3. The third-order valence-corrected chi connectivity index (χ3v) is 7.72. The van der Waals surface area contributed by atoms with Crippen LogP contribution < -0.4 is 15.0 Å². The van der Waals surface area contributed by atoms with Crippen LogP contribution in [0, 0.1) is 0 Å². The third kappa shape index (κ3) is 6.42. The molecule has 220 valence electrons. The van der Waals surface area contributed by atoms with Crippen molar-refractivity contribution in [2.75, 3.05) is 31.1 Å². The molecule has 0 bridgehead atoms. The number of halogens is 3. The fourth-order valence-electron chi connectivity index (χ4n) is 5.39. The molecule has 42 heavy (non-hydrogen) atoms. The maximum atomic E-state index is 12.7. The van der Waals surface area contributed by atoms with Crippen molar-refractivity contribution >= 4 is 33.5 Å². The molecule has 11 heteroatoms. The molecule has 6 rings (SSSR count). The van der Waals surface area contributed by atoms with E-state index >= 15 is 0 Å². The fraction of sp³-hybridized carbons (Fsp3) is 0.387. The maximum Gasteiger partial charge on any atom is 0.573 e. The average molecular weight is 581 g/mol. The van der Waals surface area contributed by atoms with Gasteiger partial charge in [-0.2, -0.15) is 0 Å². The zero-order chi connectivity index (χ0) is 29.3. The number of pyridine rings is 2. The van der Waals surface area contributed by atoms with Gasteiger partial charge in [0, 0.05) is 54.8 Å².